The highest BCUT2D eigenvalue weighted by molar-refractivity contribution is 6.82. The molecule has 1 aromatic carbocycles. The standard InChI is InChI=1S/C16H17N3OSi/c1-21(2,20)16-9-8-13(10-17-16)14-11-18-19(12-14)15-6-4-3-5-7-15/h3-12,20H,1-2H3. The zero-order chi connectivity index (χ0) is 14.9. The fourth-order valence-corrected chi connectivity index (χ4v) is 2.99. The molecule has 0 bridgehead atoms. The average molecular weight is 295 g/mol. The average Bonchev–Trinajstić information content (AvgIpc) is 2.97. The predicted molar refractivity (Wildman–Crippen MR) is 86.1 cm³/mol. The maximum Gasteiger partial charge on any atom is 0.233 e. The Morgan fingerprint density at radius 3 is 2.33 bits per heavy atom. The van der Waals surface area contributed by atoms with Crippen molar-refractivity contribution in [2.75, 3.05) is 0 Å². The molecule has 2 heterocycles. The van der Waals surface area contributed by atoms with Gasteiger partial charge in [0.25, 0.3) is 0 Å². The van der Waals surface area contributed by atoms with Gasteiger partial charge in [-0.25, -0.2) is 4.68 Å². The fraction of sp³-hybridized carbons (Fsp3) is 0.125. The van der Waals surface area contributed by atoms with Crippen molar-refractivity contribution in [2.24, 2.45) is 0 Å². The number of hydrogen-bond acceptors (Lipinski definition) is 3. The molecule has 0 spiro atoms. The lowest BCUT2D eigenvalue weighted by molar-refractivity contribution is 0.567. The van der Waals surface area contributed by atoms with Gasteiger partial charge in [-0.05, 0) is 31.3 Å². The number of nitrogens with zero attached hydrogens (tertiary/aromatic N) is 3. The van der Waals surface area contributed by atoms with Crippen LogP contribution in [0.3, 0.4) is 0 Å². The molecule has 3 aromatic rings. The van der Waals surface area contributed by atoms with Crippen LogP contribution in [0.1, 0.15) is 0 Å². The van der Waals surface area contributed by atoms with Crippen LogP contribution in [0.25, 0.3) is 16.8 Å². The molecule has 1 N–H and O–H groups in total. The lowest BCUT2D eigenvalue weighted by Gasteiger charge is -2.12. The summed E-state index contributed by atoms with van der Waals surface area (Å²) in [6.45, 7) is 3.73. The fourth-order valence-electron chi connectivity index (χ4n) is 2.12. The Kier molecular flexibility index (Phi) is 3.45. The van der Waals surface area contributed by atoms with E-state index in [4.69, 9.17) is 0 Å². The lowest BCUT2D eigenvalue weighted by Crippen LogP contribution is -2.43. The summed E-state index contributed by atoms with van der Waals surface area (Å²) < 4.78 is 1.84. The molecule has 2 aromatic heterocycles. The number of benzene rings is 1. The molecule has 106 valence electrons. The Bertz CT molecular complexity index is 730. The van der Waals surface area contributed by atoms with E-state index in [1.807, 2.05) is 72.6 Å². The van der Waals surface area contributed by atoms with Gasteiger partial charge >= 0.3 is 0 Å². The first kappa shape index (κ1) is 13.7. The van der Waals surface area contributed by atoms with Crippen LogP contribution in [0.5, 0.6) is 0 Å². The van der Waals surface area contributed by atoms with Gasteiger partial charge in [-0.1, -0.05) is 24.3 Å². The molecule has 0 amide bonds. The van der Waals surface area contributed by atoms with Crippen molar-refractivity contribution < 1.29 is 4.80 Å². The quantitative estimate of drug-likeness (QED) is 0.755. The Morgan fingerprint density at radius 2 is 1.71 bits per heavy atom. The molecule has 0 unspecified atom stereocenters. The van der Waals surface area contributed by atoms with E-state index in [2.05, 4.69) is 10.1 Å². The molecule has 0 radical (unpaired) electrons. The number of para-hydroxylation sites is 1. The normalized spacial score (nSPS) is 11.6. The van der Waals surface area contributed by atoms with Crippen molar-refractivity contribution in [3.8, 4) is 16.8 Å². The highest BCUT2D eigenvalue weighted by atomic mass is 28.4. The molecule has 5 heteroatoms. The Balaban J connectivity index is 1.90. The molecule has 21 heavy (non-hydrogen) atoms. The first-order chi connectivity index (χ1) is 10.0. The minimum Gasteiger partial charge on any atom is -0.426 e. The summed E-state index contributed by atoms with van der Waals surface area (Å²) in [5, 5.41) is 5.18. The Morgan fingerprint density at radius 1 is 0.952 bits per heavy atom. The minimum absolute atomic E-state index is 0.793. The topological polar surface area (TPSA) is 50.9 Å². The molecule has 0 atom stereocenters. The third kappa shape index (κ3) is 2.94. The number of aromatic nitrogens is 3. The van der Waals surface area contributed by atoms with Crippen molar-refractivity contribution in [3.05, 3.63) is 61.1 Å². The van der Waals surface area contributed by atoms with Gasteiger partial charge in [-0.3, -0.25) is 4.98 Å². The highest BCUT2D eigenvalue weighted by Crippen LogP contribution is 2.18. The van der Waals surface area contributed by atoms with Crippen molar-refractivity contribution in [2.45, 2.75) is 13.1 Å². The van der Waals surface area contributed by atoms with E-state index in [0.29, 0.717) is 0 Å². The maximum absolute atomic E-state index is 10.1. The summed E-state index contributed by atoms with van der Waals surface area (Å²) in [6, 6.07) is 13.9. The van der Waals surface area contributed by atoms with Crippen molar-refractivity contribution in [3.63, 3.8) is 0 Å². The third-order valence-corrected chi connectivity index (χ3v) is 4.88. The summed E-state index contributed by atoms with van der Waals surface area (Å²) in [7, 11) is -2.34. The largest absolute Gasteiger partial charge is 0.426 e. The summed E-state index contributed by atoms with van der Waals surface area (Å²) in [6.07, 6.45) is 5.60. The van der Waals surface area contributed by atoms with Gasteiger partial charge in [0.15, 0.2) is 0 Å². The van der Waals surface area contributed by atoms with E-state index < -0.39 is 8.32 Å². The molecule has 0 fully saturated rings. The molecule has 3 rings (SSSR count). The number of pyridine rings is 1. The third-order valence-electron chi connectivity index (χ3n) is 3.33. The van der Waals surface area contributed by atoms with Crippen LogP contribution in [-0.4, -0.2) is 27.9 Å². The van der Waals surface area contributed by atoms with Crippen LogP contribution in [0.15, 0.2) is 61.1 Å². The van der Waals surface area contributed by atoms with Gasteiger partial charge < -0.3 is 4.80 Å². The molecular formula is C16H17N3OSi. The predicted octanol–water partition coefficient (Wildman–Crippen LogP) is 2.34. The SMILES string of the molecule is C[Si](C)(O)c1ccc(-c2cnn(-c3ccccc3)c2)cn1. The second kappa shape index (κ2) is 5.27. The lowest BCUT2D eigenvalue weighted by atomic mass is 10.2. The molecule has 0 aliphatic carbocycles. The van der Waals surface area contributed by atoms with E-state index in [1.165, 1.54) is 0 Å². The zero-order valence-electron chi connectivity index (χ0n) is 12.1. The molecule has 0 aliphatic rings. The van der Waals surface area contributed by atoms with Gasteiger partial charge in [0.2, 0.25) is 8.32 Å². The van der Waals surface area contributed by atoms with Crippen LogP contribution in [0.2, 0.25) is 13.1 Å². The van der Waals surface area contributed by atoms with E-state index in [0.717, 1.165) is 22.1 Å². The van der Waals surface area contributed by atoms with E-state index in [-0.39, 0.29) is 0 Å². The summed E-state index contributed by atoms with van der Waals surface area (Å²) in [5.41, 5.74) is 3.03. The summed E-state index contributed by atoms with van der Waals surface area (Å²) in [5.74, 6) is 0. The van der Waals surface area contributed by atoms with Gasteiger partial charge in [-0.15, -0.1) is 0 Å². The number of rotatable bonds is 3. The first-order valence-electron chi connectivity index (χ1n) is 6.83. The monoisotopic (exact) mass is 295 g/mol. The van der Waals surface area contributed by atoms with Crippen molar-refractivity contribution in [1.82, 2.24) is 14.8 Å². The van der Waals surface area contributed by atoms with Crippen LogP contribution in [0.4, 0.5) is 0 Å². The summed E-state index contributed by atoms with van der Waals surface area (Å²) >= 11 is 0. The van der Waals surface area contributed by atoms with Crippen LogP contribution in [-0.2, 0) is 0 Å². The highest BCUT2D eigenvalue weighted by Gasteiger charge is 2.21. The zero-order valence-corrected chi connectivity index (χ0v) is 13.1. The van der Waals surface area contributed by atoms with Crippen molar-refractivity contribution >= 4 is 13.6 Å². The minimum atomic E-state index is -2.34. The van der Waals surface area contributed by atoms with E-state index in [9.17, 15) is 4.80 Å². The van der Waals surface area contributed by atoms with Crippen LogP contribution < -0.4 is 5.32 Å². The number of hydrogen-bond donors (Lipinski definition) is 1. The maximum atomic E-state index is 10.1. The van der Waals surface area contributed by atoms with Crippen LogP contribution >= 0.6 is 0 Å². The second-order valence-corrected chi connectivity index (χ2v) is 9.13. The molecule has 4 nitrogen and oxygen atoms in total. The van der Waals surface area contributed by atoms with Crippen molar-refractivity contribution in [1.29, 1.82) is 0 Å². The molecule has 0 saturated carbocycles. The van der Waals surface area contributed by atoms with Gasteiger partial charge in [0.05, 0.1) is 17.2 Å². The Labute approximate surface area is 124 Å². The van der Waals surface area contributed by atoms with Gasteiger partial charge in [-0.2, -0.15) is 5.10 Å². The second-order valence-electron chi connectivity index (χ2n) is 5.50. The van der Waals surface area contributed by atoms with E-state index in [1.54, 1.807) is 6.20 Å². The van der Waals surface area contributed by atoms with Crippen LogP contribution in [0, 0.1) is 0 Å². The van der Waals surface area contributed by atoms with Gasteiger partial charge in [0.1, 0.15) is 0 Å². The van der Waals surface area contributed by atoms with Gasteiger partial charge in [0, 0.05) is 23.5 Å². The molecule has 0 saturated heterocycles. The molecule has 0 aliphatic heterocycles. The first-order valence-corrected chi connectivity index (χ1v) is 9.78. The Hall–Kier alpha value is -2.24. The summed E-state index contributed by atoms with van der Waals surface area (Å²) in [4.78, 5) is 14.4. The van der Waals surface area contributed by atoms with E-state index >= 15 is 0 Å². The molecular weight excluding hydrogens is 278 g/mol. The smallest absolute Gasteiger partial charge is 0.233 e.